The third-order valence-electron chi connectivity index (χ3n) is 3.91. The Kier molecular flexibility index (Phi) is 5.99. The maximum atomic E-state index is 13.2. The fourth-order valence-corrected chi connectivity index (χ4v) is 2.84. The van der Waals surface area contributed by atoms with Crippen molar-refractivity contribution < 1.29 is 19.0 Å². The Labute approximate surface area is 169 Å². The van der Waals surface area contributed by atoms with Crippen molar-refractivity contribution in [3.63, 3.8) is 0 Å². The minimum absolute atomic E-state index is 0.0550. The molecule has 0 saturated heterocycles. The largest absolute Gasteiger partial charge is 0.494 e. The molecule has 9 heteroatoms. The van der Waals surface area contributed by atoms with Gasteiger partial charge in [0.2, 0.25) is 5.88 Å². The van der Waals surface area contributed by atoms with Gasteiger partial charge >= 0.3 is 5.97 Å². The summed E-state index contributed by atoms with van der Waals surface area (Å²) >= 11 is 5.11. The molecule has 0 bridgehead atoms. The van der Waals surface area contributed by atoms with E-state index < -0.39 is 23.2 Å². The van der Waals surface area contributed by atoms with E-state index in [1.807, 2.05) is 0 Å². The molecule has 0 amide bonds. The zero-order valence-corrected chi connectivity index (χ0v) is 16.1. The molecule has 3 aromatic rings. The van der Waals surface area contributed by atoms with E-state index >= 15 is 0 Å². The van der Waals surface area contributed by atoms with Crippen molar-refractivity contribution >= 4 is 30.1 Å². The first kappa shape index (κ1) is 20.2. The average Bonchev–Trinajstić information content (AvgIpc) is 2.69. The molecule has 0 aliphatic heterocycles. The first-order valence-corrected chi connectivity index (χ1v) is 8.97. The summed E-state index contributed by atoms with van der Waals surface area (Å²) in [5.41, 5.74) is 0.261. The number of aromatic hydroxyl groups is 1. The van der Waals surface area contributed by atoms with Gasteiger partial charge in [-0.15, -0.1) is 0 Å². The van der Waals surface area contributed by atoms with Gasteiger partial charge in [0, 0.05) is 6.21 Å². The highest BCUT2D eigenvalue weighted by atomic mass is 32.1. The number of aromatic amines is 1. The topological polar surface area (TPSA) is 96.7 Å². The minimum atomic E-state index is -0.642. The number of hydrogen-bond donors (Lipinski definition) is 2. The van der Waals surface area contributed by atoms with Crippen molar-refractivity contribution in [1.29, 1.82) is 0 Å². The van der Waals surface area contributed by atoms with Gasteiger partial charge in [-0.25, -0.2) is 9.18 Å². The Hall–Kier alpha value is -3.59. The molecule has 0 spiro atoms. The number of aromatic nitrogens is 2. The van der Waals surface area contributed by atoms with Crippen molar-refractivity contribution in [2.75, 3.05) is 6.61 Å². The van der Waals surface area contributed by atoms with Gasteiger partial charge in [-0.2, -0.15) is 0 Å². The normalized spacial score (nSPS) is 11.0. The van der Waals surface area contributed by atoms with Gasteiger partial charge in [0.25, 0.3) is 5.56 Å². The molecule has 0 saturated carbocycles. The molecule has 0 unspecified atom stereocenters. The summed E-state index contributed by atoms with van der Waals surface area (Å²) in [6.45, 7) is 1.94. The first-order chi connectivity index (χ1) is 13.9. The summed E-state index contributed by atoms with van der Waals surface area (Å²) in [6.07, 6.45) is 1.16. The molecule has 1 aromatic heterocycles. The molecular weight excluding hydrogens is 397 g/mol. The van der Waals surface area contributed by atoms with E-state index in [0.29, 0.717) is 16.9 Å². The standard InChI is InChI=1S/C20H16FN3O4S/c1-2-28-19(27)12-4-3-5-14(10-12)22-11-16-17(25)23-20(29)24(18(16)26)15-8-6-13(21)7-9-15/h3-11,26H,2H2,1H3,(H,23,25,29). The lowest BCUT2D eigenvalue weighted by Gasteiger charge is -2.11. The summed E-state index contributed by atoms with van der Waals surface area (Å²) in [7, 11) is 0. The lowest BCUT2D eigenvalue weighted by molar-refractivity contribution is 0.0526. The summed E-state index contributed by atoms with van der Waals surface area (Å²) in [5, 5.41) is 10.6. The Morgan fingerprint density at radius 3 is 2.72 bits per heavy atom. The van der Waals surface area contributed by atoms with E-state index in [9.17, 15) is 19.1 Å². The number of carbonyl (C=O) groups excluding carboxylic acids is 1. The zero-order chi connectivity index (χ0) is 21.0. The highest BCUT2D eigenvalue weighted by Gasteiger charge is 2.13. The number of ether oxygens (including phenoxy) is 1. The van der Waals surface area contributed by atoms with E-state index in [2.05, 4.69) is 9.98 Å². The predicted octanol–water partition coefficient (Wildman–Crippen LogP) is 3.67. The second kappa shape index (κ2) is 8.61. The van der Waals surface area contributed by atoms with Gasteiger partial charge in [-0.1, -0.05) is 6.07 Å². The first-order valence-electron chi connectivity index (χ1n) is 8.56. The van der Waals surface area contributed by atoms with E-state index in [1.54, 1.807) is 25.1 Å². The number of hydrogen-bond acceptors (Lipinski definition) is 6. The van der Waals surface area contributed by atoms with Crippen LogP contribution < -0.4 is 5.56 Å². The Bertz CT molecular complexity index is 1200. The zero-order valence-electron chi connectivity index (χ0n) is 15.3. The minimum Gasteiger partial charge on any atom is -0.494 e. The molecule has 29 heavy (non-hydrogen) atoms. The number of rotatable bonds is 5. The second-order valence-corrected chi connectivity index (χ2v) is 6.22. The molecule has 3 rings (SSSR count). The maximum absolute atomic E-state index is 13.2. The average molecular weight is 413 g/mol. The molecule has 2 aromatic carbocycles. The highest BCUT2D eigenvalue weighted by Crippen LogP contribution is 2.20. The van der Waals surface area contributed by atoms with Crippen LogP contribution in [0.2, 0.25) is 0 Å². The summed E-state index contributed by atoms with van der Waals surface area (Å²) in [4.78, 5) is 30.7. The fourth-order valence-electron chi connectivity index (χ4n) is 2.55. The maximum Gasteiger partial charge on any atom is 0.338 e. The number of nitrogens with zero attached hydrogens (tertiary/aromatic N) is 2. The molecule has 148 valence electrons. The van der Waals surface area contributed by atoms with Crippen molar-refractivity contribution in [3.8, 4) is 11.6 Å². The third kappa shape index (κ3) is 4.46. The highest BCUT2D eigenvalue weighted by molar-refractivity contribution is 7.71. The van der Waals surface area contributed by atoms with Crippen LogP contribution in [0.1, 0.15) is 22.8 Å². The van der Waals surface area contributed by atoms with Gasteiger partial charge < -0.3 is 9.84 Å². The van der Waals surface area contributed by atoms with Gasteiger partial charge in [0.15, 0.2) is 4.77 Å². The predicted molar refractivity (Wildman–Crippen MR) is 108 cm³/mol. The lowest BCUT2D eigenvalue weighted by atomic mass is 10.2. The van der Waals surface area contributed by atoms with Crippen LogP contribution in [0.15, 0.2) is 58.3 Å². The fraction of sp³-hybridized carbons (Fsp3) is 0.100. The van der Waals surface area contributed by atoms with Crippen LogP contribution in [0.4, 0.5) is 10.1 Å². The quantitative estimate of drug-likeness (QED) is 0.378. The number of halogens is 1. The summed E-state index contributed by atoms with van der Waals surface area (Å²) < 4.78 is 19.3. The number of esters is 1. The Morgan fingerprint density at radius 2 is 2.03 bits per heavy atom. The van der Waals surface area contributed by atoms with E-state index in [4.69, 9.17) is 17.0 Å². The van der Waals surface area contributed by atoms with Crippen LogP contribution in [0, 0.1) is 10.6 Å². The van der Waals surface area contributed by atoms with Crippen molar-refractivity contribution in [2.24, 2.45) is 4.99 Å². The van der Waals surface area contributed by atoms with Crippen molar-refractivity contribution in [1.82, 2.24) is 9.55 Å². The molecule has 1 heterocycles. The van der Waals surface area contributed by atoms with Gasteiger partial charge in [0.05, 0.1) is 23.5 Å². The van der Waals surface area contributed by atoms with E-state index in [1.165, 1.54) is 34.9 Å². The van der Waals surface area contributed by atoms with Gasteiger partial charge in [-0.05, 0) is 61.6 Å². The molecule has 0 aliphatic carbocycles. The van der Waals surface area contributed by atoms with Crippen molar-refractivity contribution in [2.45, 2.75) is 6.92 Å². The monoisotopic (exact) mass is 413 g/mol. The van der Waals surface area contributed by atoms with Crippen LogP contribution in [0.25, 0.3) is 5.69 Å². The number of aliphatic imine (C=N–C) groups is 1. The number of carbonyl (C=O) groups is 1. The Balaban J connectivity index is 2.02. The van der Waals surface area contributed by atoms with E-state index in [-0.39, 0.29) is 16.9 Å². The van der Waals surface area contributed by atoms with Crippen LogP contribution in [-0.2, 0) is 4.74 Å². The SMILES string of the molecule is CCOC(=O)c1cccc(N=Cc2c(O)n(-c3ccc(F)cc3)c(=S)[nH]c2=O)c1. The van der Waals surface area contributed by atoms with Crippen LogP contribution in [-0.4, -0.2) is 33.4 Å². The molecular formula is C20H16FN3O4S. The smallest absolute Gasteiger partial charge is 0.338 e. The molecule has 7 nitrogen and oxygen atoms in total. The van der Waals surface area contributed by atoms with Crippen LogP contribution >= 0.6 is 12.2 Å². The molecule has 0 atom stereocenters. The van der Waals surface area contributed by atoms with Gasteiger partial charge in [0.1, 0.15) is 11.4 Å². The van der Waals surface area contributed by atoms with Crippen LogP contribution in [0.3, 0.4) is 0 Å². The molecule has 0 aliphatic rings. The second-order valence-electron chi connectivity index (χ2n) is 5.84. The molecule has 0 fully saturated rings. The Morgan fingerprint density at radius 1 is 1.31 bits per heavy atom. The number of nitrogens with one attached hydrogen (secondary N) is 1. The number of H-pyrrole nitrogens is 1. The van der Waals surface area contributed by atoms with Gasteiger partial charge in [-0.3, -0.25) is 19.3 Å². The molecule has 0 radical (unpaired) electrons. The number of benzene rings is 2. The summed E-state index contributed by atoms with van der Waals surface area (Å²) in [5.74, 6) is -1.39. The summed E-state index contributed by atoms with van der Waals surface area (Å²) in [6, 6.07) is 11.5. The van der Waals surface area contributed by atoms with E-state index in [0.717, 1.165) is 6.21 Å². The third-order valence-corrected chi connectivity index (χ3v) is 4.19. The lowest BCUT2D eigenvalue weighted by Crippen LogP contribution is -2.18. The van der Waals surface area contributed by atoms with Crippen molar-refractivity contribution in [3.05, 3.63) is 80.6 Å². The van der Waals surface area contributed by atoms with Crippen LogP contribution in [0.5, 0.6) is 5.88 Å². The molecule has 2 N–H and O–H groups in total.